The van der Waals surface area contributed by atoms with Crippen LogP contribution in [0.25, 0.3) is 0 Å². The minimum atomic E-state index is -3.63. The monoisotopic (exact) mass is 392 g/mol. The quantitative estimate of drug-likeness (QED) is 0.595. The van der Waals surface area contributed by atoms with Crippen molar-refractivity contribution in [1.29, 1.82) is 0 Å². The second-order valence-corrected chi connectivity index (χ2v) is 9.47. The van der Waals surface area contributed by atoms with Gasteiger partial charge in [0.25, 0.3) is 0 Å². The van der Waals surface area contributed by atoms with Crippen LogP contribution in [-0.2, 0) is 16.4 Å². The smallest absolute Gasteiger partial charge is 0.238 e. The van der Waals surface area contributed by atoms with Crippen molar-refractivity contribution in [3.63, 3.8) is 0 Å². The number of likely N-dealkylation sites (tertiary alicyclic amines) is 1. The second-order valence-electron chi connectivity index (χ2n) is 7.91. The van der Waals surface area contributed by atoms with Crippen LogP contribution in [0.3, 0.4) is 0 Å². The number of nitrogens with zero attached hydrogens (tertiary/aromatic N) is 2. The Balaban J connectivity index is 1.59. The van der Waals surface area contributed by atoms with Gasteiger partial charge in [0.05, 0.1) is 4.90 Å². The van der Waals surface area contributed by atoms with E-state index in [1.807, 2.05) is 12.1 Å². The summed E-state index contributed by atoms with van der Waals surface area (Å²) >= 11 is 0. The lowest BCUT2D eigenvalue weighted by Crippen LogP contribution is -2.41. The summed E-state index contributed by atoms with van der Waals surface area (Å²) in [5, 5.41) is 8.59. The van der Waals surface area contributed by atoms with Crippen molar-refractivity contribution in [3.05, 3.63) is 29.8 Å². The third-order valence-electron chi connectivity index (χ3n) is 5.90. The van der Waals surface area contributed by atoms with E-state index >= 15 is 0 Å². The van der Waals surface area contributed by atoms with Crippen molar-refractivity contribution in [3.8, 4) is 0 Å². The van der Waals surface area contributed by atoms with Gasteiger partial charge in [0.1, 0.15) is 0 Å². The Bertz CT molecular complexity index is 753. The number of nitrogens with one attached hydrogen (secondary N) is 1. The molecule has 2 aliphatic rings. The number of sulfonamides is 1. The third kappa shape index (κ3) is 5.23. The Hall–Kier alpha value is -1.60. The number of guanidine groups is 1. The van der Waals surface area contributed by atoms with Gasteiger partial charge in [0.15, 0.2) is 5.96 Å². The largest absolute Gasteiger partial charge is 0.357 e. The van der Waals surface area contributed by atoms with E-state index in [1.165, 1.54) is 38.5 Å². The number of rotatable bonds is 5. The molecule has 2 fully saturated rings. The Labute approximate surface area is 163 Å². The number of hydrogen-bond donors (Lipinski definition) is 2. The maximum absolute atomic E-state index is 11.3. The number of benzene rings is 1. The number of primary sulfonamides is 1. The van der Waals surface area contributed by atoms with Crippen LogP contribution in [0.15, 0.2) is 34.2 Å². The average molecular weight is 393 g/mol. The lowest BCUT2D eigenvalue weighted by molar-refractivity contribution is 0.203. The first-order chi connectivity index (χ1) is 12.9. The molecule has 1 aromatic rings. The van der Waals surface area contributed by atoms with E-state index in [4.69, 9.17) is 10.1 Å². The molecule has 0 unspecified atom stereocenters. The molecule has 27 heavy (non-hydrogen) atoms. The second kappa shape index (κ2) is 8.61. The molecular formula is C20H32N4O2S. The standard InChI is InChI=1S/C20H32N4O2S/c1-2-22-19(24-15-13-20(16-24)11-4-3-5-12-20)23-14-10-17-6-8-18(9-7-17)27(21,25)26/h6-9H,2-5,10-16H2,1H3,(H,22,23)(H2,21,25,26). The first kappa shape index (κ1) is 20.1. The number of aliphatic imine (C=N–C) groups is 1. The summed E-state index contributed by atoms with van der Waals surface area (Å²) in [5.74, 6) is 1.01. The predicted octanol–water partition coefficient (Wildman–Crippen LogP) is 2.50. The maximum atomic E-state index is 11.3. The van der Waals surface area contributed by atoms with E-state index in [2.05, 4.69) is 17.1 Å². The maximum Gasteiger partial charge on any atom is 0.238 e. The summed E-state index contributed by atoms with van der Waals surface area (Å²) in [6.45, 7) is 5.87. The van der Waals surface area contributed by atoms with Crippen LogP contribution >= 0.6 is 0 Å². The van der Waals surface area contributed by atoms with E-state index in [9.17, 15) is 8.42 Å². The molecule has 1 aliphatic carbocycles. The molecule has 1 saturated heterocycles. The molecule has 0 bridgehead atoms. The zero-order valence-corrected chi connectivity index (χ0v) is 17.1. The van der Waals surface area contributed by atoms with Gasteiger partial charge in [-0.2, -0.15) is 0 Å². The van der Waals surface area contributed by atoms with Crippen molar-refractivity contribution in [2.45, 2.75) is 56.8 Å². The molecule has 6 nitrogen and oxygen atoms in total. The summed E-state index contributed by atoms with van der Waals surface area (Å²) in [4.78, 5) is 7.41. The highest BCUT2D eigenvalue weighted by Crippen LogP contribution is 2.43. The van der Waals surface area contributed by atoms with Crippen molar-refractivity contribution in [2.75, 3.05) is 26.2 Å². The van der Waals surface area contributed by atoms with Crippen LogP contribution in [0.5, 0.6) is 0 Å². The Morgan fingerprint density at radius 3 is 2.52 bits per heavy atom. The molecule has 1 aliphatic heterocycles. The van der Waals surface area contributed by atoms with Gasteiger partial charge in [-0.3, -0.25) is 4.99 Å². The molecule has 0 aromatic heterocycles. The van der Waals surface area contributed by atoms with Crippen LogP contribution in [0.1, 0.15) is 51.0 Å². The highest BCUT2D eigenvalue weighted by molar-refractivity contribution is 7.89. The summed E-state index contributed by atoms with van der Waals surface area (Å²) in [6, 6.07) is 6.75. The topological polar surface area (TPSA) is 87.8 Å². The highest BCUT2D eigenvalue weighted by Gasteiger charge is 2.39. The predicted molar refractivity (Wildman–Crippen MR) is 109 cm³/mol. The van der Waals surface area contributed by atoms with Gasteiger partial charge in [-0.25, -0.2) is 13.6 Å². The highest BCUT2D eigenvalue weighted by atomic mass is 32.2. The fourth-order valence-corrected chi connectivity index (χ4v) is 4.90. The lowest BCUT2D eigenvalue weighted by Gasteiger charge is -2.33. The third-order valence-corrected chi connectivity index (χ3v) is 6.83. The van der Waals surface area contributed by atoms with Crippen LogP contribution in [0, 0.1) is 5.41 Å². The van der Waals surface area contributed by atoms with Crippen LogP contribution in [0.2, 0.25) is 0 Å². The zero-order chi connectivity index (χ0) is 19.3. The molecule has 3 rings (SSSR count). The molecule has 150 valence electrons. The minimum Gasteiger partial charge on any atom is -0.357 e. The van der Waals surface area contributed by atoms with Crippen molar-refractivity contribution < 1.29 is 8.42 Å². The van der Waals surface area contributed by atoms with Gasteiger partial charge in [0, 0.05) is 26.2 Å². The molecule has 1 saturated carbocycles. The van der Waals surface area contributed by atoms with Crippen molar-refractivity contribution >= 4 is 16.0 Å². The summed E-state index contributed by atoms with van der Waals surface area (Å²) in [7, 11) is -3.63. The molecule has 0 amide bonds. The van der Waals surface area contributed by atoms with Crippen LogP contribution < -0.4 is 10.5 Å². The van der Waals surface area contributed by atoms with E-state index in [-0.39, 0.29) is 4.90 Å². The molecule has 0 radical (unpaired) electrons. The summed E-state index contributed by atoms with van der Waals surface area (Å²) < 4.78 is 22.7. The van der Waals surface area contributed by atoms with Crippen molar-refractivity contribution in [2.24, 2.45) is 15.5 Å². The van der Waals surface area contributed by atoms with Gasteiger partial charge in [-0.1, -0.05) is 31.4 Å². The molecule has 1 heterocycles. The molecule has 1 aromatic carbocycles. The van der Waals surface area contributed by atoms with Gasteiger partial charge < -0.3 is 10.2 Å². The molecule has 0 atom stereocenters. The van der Waals surface area contributed by atoms with Gasteiger partial charge >= 0.3 is 0 Å². The zero-order valence-electron chi connectivity index (χ0n) is 16.3. The van der Waals surface area contributed by atoms with E-state index in [1.54, 1.807) is 12.1 Å². The fraction of sp³-hybridized carbons (Fsp3) is 0.650. The van der Waals surface area contributed by atoms with E-state index in [0.29, 0.717) is 12.0 Å². The van der Waals surface area contributed by atoms with Crippen molar-refractivity contribution in [1.82, 2.24) is 10.2 Å². The average Bonchev–Trinajstić information content (AvgIpc) is 3.04. The minimum absolute atomic E-state index is 0.151. The Morgan fingerprint density at radius 1 is 1.19 bits per heavy atom. The SMILES string of the molecule is CCNC(=NCCc1ccc(S(N)(=O)=O)cc1)N1CCC2(CCCCC2)C1. The fourth-order valence-electron chi connectivity index (χ4n) is 4.39. The van der Waals surface area contributed by atoms with E-state index in [0.717, 1.165) is 37.6 Å². The first-order valence-corrected chi connectivity index (χ1v) is 11.6. The molecule has 1 spiro atoms. The van der Waals surface area contributed by atoms with Crippen LogP contribution in [0.4, 0.5) is 0 Å². The van der Waals surface area contributed by atoms with Gasteiger partial charge in [-0.15, -0.1) is 0 Å². The number of nitrogens with two attached hydrogens (primary N) is 1. The summed E-state index contributed by atoms with van der Waals surface area (Å²) in [6.07, 6.45) is 8.91. The van der Waals surface area contributed by atoms with Gasteiger partial charge in [-0.05, 0) is 55.7 Å². The summed E-state index contributed by atoms with van der Waals surface area (Å²) in [5.41, 5.74) is 1.57. The number of hydrogen-bond acceptors (Lipinski definition) is 3. The molecular weight excluding hydrogens is 360 g/mol. The molecule has 3 N–H and O–H groups in total. The normalized spacial score (nSPS) is 20.2. The molecule has 7 heteroatoms. The lowest BCUT2D eigenvalue weighted by atomic mass is 9.73. The Morgan fingerprint density at radius 2 is 1.89 bits per heavy atom. The van der Waals surface area contributed by atoms with E-state index < -0.39 is 10.0 Å². The van der Waals surface area contributed by atoms with Crippen LogP contribution in [-0.4, -0.2) is 45.5 Å². The first-order valence-electron chi connectivity index (χ1n) is 10.1. The Kier molecular flexibility index (Phi) is 6.42. The van der Waals surface area contributed by atoms with Gasteiger partial charge in [0.2, 0.25) is 10.0 Å².